The van der Waals surface area contributed by atoms with Crippen LogP contribution in [0.5, 0.6) is 11.5 Å². The largest absolute Gasteiger partial charge is 0.490 e. The van der Waals surface area contributed by atoms with Crippen molar-refractivity contribution in [3.05, 3.63) is 22.2 Å². The van der Waals surface area contributed by atoms with Crippen molar-refractivity contribution in [1.82, 2.24) is 5.32 Å². The molecule has 2 atom stereocenters. The smallest absolute Gasteiger partial charge is 0.175 e. The van der Waals surface area contributed by atoms with Crippen molar-refractivity contribution in [3.8, 4) is 11.5 Å². The molecule has 1 saturated carbocycles. The Bertz CT molecular complexity index is 495. The molecule has 2 aliphatic rings. The summed E-state index contributed by atoms with van der Waals surface area (Å²) in [6.45, 7) is 2.24. The van der Waals surface area contributed by atoms with Gasteiger partial charge in [-0.25, -0.2) is 0 Å². The van der Waals surface area contributed by atoms with Gasteiger partial charge in [0, 0.05) is 26.1 Å². The number of halogens is 1. The average Bonchev–Trinajstić information content (AvgIpc) is 2.81. The zero-order valence-electron chi connectivity index (χ0n) is 12.4. The van der Waals surface area contributed by atoms with E-state index in [1.165, 1.54) is 18.4 Å². The Morgan fingerprint density at radius 2 is 2.10 bits per heavy atom. The van der Waals surface area contributed by atoms with Gasteiger partial charge in [-0.05, 0) is 52.9 Å². The highest BCUT2D eigenvalue weighted by Gasteiger charge is 2.26. The van der Waals surface area contributed by atoms with E-state index in [-0.39, 0.29) is 0 Å². The lowest BCUT2D eigenvalue weighted by Crippen LogP contribution is -2.36. The van der Waals surface area contributed by atoms with Crippen LogP contribution in [0.1, 0.15) is 31.2 Å². The number of nitrogens with one attached hydrogen (secondary N) is 1. The van der Waals surface area contributed by atoms with Crippen molar-refractivity contribution >= 4 is 15.9 Å². The standard InChI is InChI=1S/C16H22BrNO3/c1-19-14-5-2-4-13(14)18-10-11-8-12(17)16-15(9-11)20-6-3-7-21-16/h8-9,13-14,18H,2-7,10H2,1H3. The molecule has 0 bridgehead atoms. The van der Waals surface area contributed by atoms with Crippen molar-refractivity contribution in [2.75, 3.05) is 20.3 Å². The minimum absolute atomic E-state index is 0.342. The Labute approximate surface area is 134 Å². The molecule has 2 unspecified atom stereocenters. The second-order valence-electron chi connectivity index (χ2n) is 5.65. The Kier molecular flexibility index (Phi) is 5.03. The molecule has 0 spiro atoms. The van der Waals surface area contributed by atoms with Crippen LogP contribution in [0.25, 0.3) is 0 Å². The minimum Gasteiger partial charge on any atom is -0.490 e. The van der Waals surface area contributed by atoms with Crippen LogP contribution in [0, 0.1) is 0 Å². The van der Waals surface area contributed by atoms with Crippen LogP contribution in [-0.2, 0) is 11.3 Å². The second kappa shape index (κ2) is 6.99. The molecule has 1 fully saturated rings. The Morgan fingerprint density at radius 1 is 1.24 bits per heavy atom. The number of benzene rings is 1. The van der Waals surface area contributed by atoms with Crippen LogP contribution >= 0.6 is 15.9 Å². The van der Waals surface area contributed by atoms with E-state index in [0.717, 1.165) is 35.4 Å². The predicted octanol–water partition coefficient (Wildman–Crippen LogP) is 3.27. The topological polar surface area (TPSA) is 39.7 Å². The predicted molar refractivity (Wildman–Crippen MR) is 85.0 cm³/mol. The first kappa shape index (κ1) is 15.1. The van der Waals surface area contributed by atoms with E-state index in [9.17, 15) is 0 Å². The first-order chi connectivity index (χ1) is 10.3. The fourth-order valence-corrected chi connectivity index (χ4v) is 3.68. The van der Waals surface area contributed by atoms with Gasteiger partial charge in [0.2, 0.25) is 0 Å². The third kappa shape index (κ3) is 3.52. The maximum Gasteiger partial charge on any atom is 0.175 e. The highest BCUT2D eigenvalue weighted by molar-refractivity contribution is 9.10. The first-order valence-corrected chi connectivity index (χ1v) is 8.41. The molecule has 0 aromatic heterocycles. The van der Waals surface area contributed by atoms with E-state index in [0.29, 0.717) is 25.4 Å². The van der Waals surface area contributed by atoms with Crippen LogP contribution < -0.4 is 14.8 Å². The second-order valence-corrected chi connectivity index (χ2v) is 6.50. The Balaban J connectivity index is 1.68. The third-order valence-corrected chi connectivity index (χ3v) is 4.77. The molecule has 4 nitrogen and oxygen atoms in total. The molecule has 21 heavy (non-hydrogen) atoms. The summed E-state index contributed by atoms with van der Waals surface area (Å²) in [6, 6.07) is 4.64. The fraction of sp³-hybridized carbons (Fsp3) is 0.625. The zero-order valence-corrected chi connectivity index (χ0v) is 13.9. The maximum atomic E-state index is 5.78. The van der Waals surface area contributed by atoms with Gasteiger partial charge >= 0.3 is 0 Å². The van der Waals surface area contributed by atoms with Crippen LogP contribution in [0.15, 0.2) is 16.6 Å². The summed E-state index contributed by atoms with van der Waals surface area (Å²) in [5, 5.41) is 3.61. The fourth-order valence-electron chi connectivity index (χ4n) is 3.08. The SMILES string of the molecule is COC1CCCC1NCc1cc(Br)c2c(c1)OCCCO2. The maximum absolute atomic E-state index is 5.78. The number of rotatable bonds is 4. The molecule has 1 aliphatic carbocycles. The van der Waals surface area contributed by atoms with Gasteiger partial charge in [0.25, 0.3) is 0 Å². The molecule has 1 aromatic rings. The molecular formula is C16H22BrNO3. The molecular weight excluding hydrogens is 334 g/mol. The molecule has 0 amide bonds. The van der Waals surface area contributed by atoms with Gasteiger partial charge in [-0.3, -0.25) is 0 Å². The number of hydrogen-bond donors (Lipinski definition) is 1. The summed E-state index contributed by atoms with van der Waals surface area (Å²) in [5.74, 6) is 1.67. The molecule has 1 aliphatic heterocycles. The summed E-state index contributed by atoms with van der Waals surface area (Å²) in [7, 11) is 1.80. The molecule has 1 heterocycles. The van der Waals surface area contributed by atoms with Crippen LogP contribution in [0.4, 0.5) is 0 Å². The molecule has 3 rings (SSSR count). The van der Waals surface area contributed by atoms with E-state index >= 15 is 0 Å². The van der Waals surface area contributed by atoms with Crippen molar-refractivity contribution in [2.24, 2.45) is 0 Å². The lowest BCUT2D eigenvalue weighted by Gasteiger charge is -2.20. The number of methoxy groups -OCH3 is 1. The average molecular weight is 356 g/mol. The number of ether oxygens (including phenoxy) is 3. The highest BCUT2D eigenvalue weighted by Crippen LogP contribution is 2.38. The lowest BCUT2D eigenvalue weighted by molar-refractivity contribution is 0.0847. The molecule has 0 saturated heterocycles. The van der Waals surface area contributed by atoms with E-state index < -0.39 is 0 Å². The van der Waals surface area contributed by atoms with Crippen molar-refractivity contribution in [1.29, 1.82) is 0 Å². The molecule has 1 aromatic carbocycles. The van der Waals surface area contributed by atoms with Crippen LogP contribution in [0.3, 0.4) is 0 Å². The van der Waals surface area contributed by atoms with Crippen molar-refractivity contribution < 1.29 is 14.2 Å². The Morgan fingerprint density at radius 3 is 2.95 bits per heavy atom. The van der Waals surface area contributed by atoms with Crippen LogP contribution in [-0.4, -0.2) is 32.5 Å². The van der Waals surface area contributed by atoms with E-state index in [1.807, 2.05) is 0 Å². The van der Waals surface area contributed by atoms with E-state index in [2.05, 4.69) is 33.4 Å². The number of hydrogen-bond acceptors (Lipinski definition) is 4. The molecule has 1 N–H and O–H groups in total. The van der Waals surface area contributed by atoms with Crippen LogP contribution in [0.2, 0.25) is 0 Å². The van der Waals surface area contributed by atoms with Gasteiger partial charge in [0.05, 0.1) is 23.8 Å². The quantitative estimate of drug-likeness (QED) is 0.899. The van der Waals surface area contributed by atoms with Gasteiger partial charge in [0.15, 0.2) is 11.5 Å². The summed E-state index contributed by atoms with van der Waals surface area (Å²) in [5.41, 5.74) is 1.20. The molecule has 0 radical (unpaired) electrons. The third-order valence-electron chi connectivity index (χ3n) is 4.19. The summed E-state index contributed by atoms with van der Waals surface area (Å²) >= 11 is 3.59. The van der Waals surface area contributed by atoms with Gasteiger partial charge in [-0.15, -0.1) is 0 Å². The van der Waals surface area contributed by atoms with E-state index in [4.69, 9.17) is 14.2 Å². The first-order valence-electron chi connectivity index (χ1n) is 7.62. The molecule has 5 heteroatoms. The van der Waals surface area contributed by atoms with Gasteiger partial charge in [0.1, 0.15) is 0 Å². The lowest BCUT2D eigenvalue weighted by atomic mass is 10.1. The minimum atomic E-state index is 0.342. The highest BCUT2D eigenvalue weighted by atomic mass is 79.9. The van der Waals surface area contributed by atoms with Crippen molar-refractivity contribution in [2.45, 2.75) is 44.4 Å². The van der Waals surface area contributed by atoms with Crippen molar-refractivity contribution in [3.63, 3.8) is 0 Å². The molecule has 116 valence electrons. The van der Waals surface area contributed by atoms with Gasteiger partial charge in [-0.1, -0.05) is 0 Å². The number of fused-ring (bicyclic) bond motifs is 1. The normalized spacial score (nSPS) is 24.9. The van der Waals surface area contributed by atoms with E-state index in [1.54, 1.807) is 7.11 Å². The van der Waals surface area contributed by atoms with Gasteiger partial charge in [-0.2, -0.15) is 0 Å². The summed E-state index contributed by atoms with van der Waals surface area (Å²) in [4.78, 5) is 0. The summed E-state index contributed by atoms with van der Waals surface area (Å²) < 4.78 is 18.0. The zero-order chi connectivity index (χ0) is 14.7. The monoisotopic (exact) mass is 355 g/mol. The van der Waals surface area contributed by atoms with Gasteiger partial charge < -0.3 is 19.5 Å². The Hall–Kier alpha value is -0.780. The summed E-state index contributed by atoms with van der Waals surface area (Å²) in [6.07, 6.45) is 4.84.